The summed E-state index contributed by atoms with van der Waals surface area (Å²) in [6.45, 7) is 2.24. The number of rotatable bonds is 7. The fourth-order valence-electron chi connectivity index (χ4n) is 2.44. The Morgan fingerprint density at radius 1 is 1.04 bits per heavy atom. The molecule has 3 aromatic rings. The third-order valence-corrected chi connectivity index (χ3v) is 5.69. The maximum absolute atomic E-state index is 12.3. The zero-order valence-electron chi connectivity index (χ0n) is 15.5. The first-order chi connectivity index (χ1) is 13.4. The van der Waals surface area contributed by atoms with Crippen molar-refractivity contribution in [2.24, 2.45) is 7.05 Å². The number of aromatic nitrogens is 3. The van der Waals surface area contributed by atoms with Gasteiger partial charge in [0.25, 0.3) is 5.91 Å². The minimum Gasteiger partial charge on any atom is -0.345 e. The lowest BCUT2D eigenvalue weighted by Gasteiger charge is -2.06. The summed E-state index contributed by atoms with van der Waals surface area (Å²) in [6.07, 6.45) is 0. The zero-order chi connectivity index (χ0) is 20.1. The zero-order valence-corrected chi connectivity index (χ0v) is 17.9. The predicted octanol–water partition coefficient (Wildman–Crippen LogP) is 3.79. The lowest BCUT2D eigenvalue weighted by molar-refractivity contribution is 0.0948. The van der Waals surface area contributed by atoms with Gasteiger partial charge in [-0.05, 0) is 31.2 Å². The highest BCUT2D eigenvalue weighted by molar-refractivity contribution is 9.10. The van der Waals surface area contributed by atoms with E-state index in [9.17, 15) is 9.59 Å². The second-order valence-electron chi connectivity index (χ2n) is 6.23. The van der Waals surface area contributed by atoms with E-state index in [4.69, 9.17) is 0 Å². The van der Waals surface area contributed by atoms with Gasteiger partial charge in [0.05, 0.1) is 12.3 Å². The first-order valence-corrected chi connectivity index (χ1v) is 10.4. The number of carbonyl (C=O) groups excluding carboxylic acids is 2. The molecule has 0 bridgehead atoms. The van der Waals surface area contributed by atoms with E-state index in [0.29, 0.717) is 22.1 Å². The van der Waals surface area contributed by atoms with Crippen LogP contribution >= 0.6 is 27.7 Å². The summed E-state index contributed by atoms with van der Waals surface area (Å²) in [4.78, 5) is 24.5. The molecular formula is C20H19BrN4O2S. The average Bonchev–Trinajstić information content (AvgIpc) is 3.05. The molecule has 0 aliphatic carbocycles. The van der Waals surface area contributed by atoms with E-state index in [-0.39, 0.29) is 24.0 Å². The highest BCUT2D eigenvalue weighted by atomic mass is 79.9. The van der Waals surface area contributed by atoms with E-state index in [0.717, 1.165) is 10.0 Å². The molecule has 0 saturated heterocycles. The predicted molar refractivity (Wildman–Crippen MR) is 113 cm³/mol. The summed E-state index contributed by atoms with van der Waals surface area (Å²) < 4.78 is 2.72. The molecule has 0 saturated carbocycles. The number of Topliss-reactive ketones (excluding diaryl/α,β-unsaturated/α-hetero) is 1. The molecular weight excluding hydrogens is 440 g/mol. The van der Waals surface area contributed by atoms with Gasteiger partial charge >= 0.3 is 0 Å². The normalized spacial score (nSPS) is 10.7. The smallest absolute Gasteiger partial charge is 0.251 e. The lowest BCUT2D eigenvalue weighted by Crippen LogP contribution is -2.24. The van der Waals surface area contributed by atoms with E-state index < -0.39 is 0 Å². The monoisotopic (exact) mass is 458 g/mol. The van der Waals surface area contributed by atoms with Crippen LogP contribution in [0.4, 0.5) is 0 Å². The molecule has 0 radical (unpaired) electrons. The van der Waals surface area contributed by atoms with Crippen LogP contribution in [-0.4, -0.2) is 32.2 Å². The number of nitrogens with zero attached hydrogens (tertiary/aromatic N) is 3. The number of aryl methyl sites for hydroxylation is 1. The molecule has 0 aliphatic rings. The molecule has 1 heterocycles. The van der Waals surface area contributed by atoms with Crippen LogP contribution in [0.1, 0.15) is 32.1 Å². The summed E-state index contributed by atoms with van der Waals surface area (Å²) in [5, 5.41) is 11.7. The number of thioether (sulfide) groups is 1. The van der Waals surface area contributed by atoms with Crippen molar-refractivity contribution in [1.82, 2.24) is 20.1 Å². The first kappa shape index (κ1) is 20.3. The molecule has 144 valence electrons. The van der Waals surface area contributed by atoms with E-state index in [1.165, 1.54) is 11.8 Å². The van der Waals surface area contributed by atoms with Crippen LogP contribution in [0.5, 0.6) is 0 Å². The highest BCUT2D eigenvalue weighted by Gasteiger charge is 2.14. The Kier molecular flexibility index (Phi) is 6.64. The van der Waals surface area contributed by atoms with Crippen LogP contribution in [-0.2, 0) is 13.6 Å². The van der Waals surface area contributed by atoms with Crippen molar-refractivity contribution in [3.05, 3.63) is 75.5 Å². The topological polar surface area (TPSA) is 76.9 Å². The van der Waals surface area contributed by atoms with Crippen LogP contribution < -0.4 is 5.32 Å². The molecule has 0 aliphatic heterocycles. The minimum absolute atomic E-state index is 0.0229. The Balaban J connectivity index is 1.56. The van der Waals surface area contributed by atoms with Gasteiger partial charge in [0.2, 0.25) is 0 Å². The van der Waals surface area contributed by atoms with Crippen molar-refractivity contribution in [2.45, 2.75) is 18.6 Å². The second kappa shape index (κ2) is 9.16. The molecule has 1 amide bonds. The Morgan fingerprint density at radius 2 is 1.68 bits per heavy atom. The number of ketones is 1. The van der Waals surface area contributed by atoms with Crippen molar-refractivity contribution in [1.29, 1.82) is 0 Å². The molecule has 1 N–H and O–H groups in total. The van der Waals surface area contributed by atoms with Gasteiger partial charge in [-0.3, -0.25) is 9.59 Å². The van der Waals surface area contributed by atoms with Crippen molar-refractivity contribution < 1.29 is 9.59 Å². The standard InChI is InChI=1S/C20H19BrN4O2S/c1-13-3-5-15(6-4-13)19(27)22-11-18-23-24-20(25(18)2)28-12-17(26)14-7-9-16(21)10-8-14/h3-10H,11-12H2,1-2H3,(H,22,27). The largest absolute Gasteiger partial charge is 0.345 e. The maximum Gasteiger partial charge on any atom is 0.251 e. The van der Waals surface area contributed by atoms with Gasteiger partial charge < -0.3 is 9.88 Å². The van der Waals surface area contributed by atoms with E-state index in [1.807, 2.05) is 38.2 Å². The quantitative estimate of drug-likeness (QED) is 0.430. The number of halogens is 1. The molecule has 3 rings (SSSR count). The molecule has 1 aromatic heterocycles. The maximum atomic E-state index is 12.3. The van der Waals surface area contributed by atoms with Crippen LogP contribution in [0, 0.1) is 6.92 Å². The third kappa shape index (κ3) is 5.08. The van der Waals surface area contributed by atoms with Gasteiger partial charge in [-0.25, -0.2) is 0 Å². The molecule has 2 aromatic carbocycles. The molecule has 8 heteroatoms. The van der Waals surface area contributed by atoms with Crippen LogP contribution in [0.25, 0.3) is 0 Å². The fourth-order valence-corrected chi connectivity index (χ4v) is 3.53. The number of benzene rings is 2. The van der Waals surface area contributed by atoms with Crippen molar-refractivity contribution in [2.75, 3.05) is 5.75 Å². The number of hydrogen-bond acceptors (Lipinski definition) is 5. The number of carbonyl (C=O) groups is 2. The summed E-state index contributed by atoms with van der Waals surface area (Å²) in [7, 11) is 1.82. The van der Waals surface area contributed by atoms with Crippen LogP contribution in [0.3, 0.4) is 0 Å². The number of nitrogens with one attached hydrogen (secondary N) is 1. The Labute approximate surface area is 175 Å². The van der Waals surface area contributed by atoms with Crippen molar-refractivity contribution >= 4 is 39.4 Å². The van der Waals surface area contributed by atoms with Crippen LogP contribution in [0.15, 0.2) is 58.2 Å². The SMILES string of the molecule is Cc1ccc(C(=O)NCc2nnc(SCC(=O)c3ccc(Br)cc3)n2C)cc1. The van der Waals surface area contributed by atoms with Gasteiger partial charge in [-0.2, -0.15) is 0 Å². The molecule has 6 nitrogen and oxygen atoms in total. The van der Waals surface area contributed by atoms with E-state index in [1.54, 1.807) is 28.8 Å². The molecule has 28 heavy (non-hydrogen) atoms. The molecule has 0 unspecified atom stereocenters. The van der Waals surface area contributed by atoms with Gasteiger partial charge in [0, 0.05) is 22.6 Å². The summed E-state index contributed by atoms with van der Waals surface area (Å²) >= 11 is 4.68. The highest BCUT2D eigenvalue weighted by Crippen LogP contribution is 2.18. The average molecular weight is 459 g/mol. The molecule has 0 atom stereocenters. The Hall–Kier alpha value is -2.45. The second-order valence-corrected chi connectivity index (χ2v) is 8.08. The van der Waals surface area contributed by atoms with Gasteiger partial charge in [0.15, 0.2) is 16.8 Å². The molecule has 0 spiro atoms. The minimum atomic E-state index is -0.164. The fraction of sp³-hybridized carbons (Fsp3) is 0.200. The van der Waals surface area contributed by atoms with Crippen molar-refractivity contribution in [3.63, 3.8) is 0 Å². The first-order valence-electron chi connectivity index (χ1n) is 8.59. The third-order valence-electron chi connectivity index (χ3n) is 4.14. The van der Waals surface area contributed by atoms with Gasteiger partial charge in [0.1, 0.15) is 0 Å². The van der Waals surface area contributed by atoms with Gasteiger partial charge in [-0.1, -0.05) is 57.5 Å². The Bertz CT molecular complexity index is 905. The number of hydrogen-bond donors (Lipinski definition) is 1. The summed E-state index contributed by atoms with van der Waals surface area (Å²) in [5.41, 5.74) is 2.36. The van der Waals surface area contributed by atoms with E-state index >= 15 is 0 Å². The molecule has 0 fully saturated rings. The summed E-state index contributed by atoms with van der Waals surface area (Å²) in [6, 6.07) is 14.6. The van der Waals surface area contributed by atoms with E-state index in [2.05, 4.69) is 31.4 Å². The Morgan fingerprint density at radius 3 is 2.36 bits per heavy atom. The van der Waals surface area contributed by atoms with Crippen molar-refractivity contribution in [3.8, 4) is 0 Å². The van der Waals surface area contributed by atoms with Gasteiger partial charge in [-0.15, -0.1) is 10.2 Å². The number of amides is 1. The van der Waals surface area contributed by atoms with Crippen LogP contribution in [0.2, 0.25) is 0 Å². The lowest BCUT2D eigenvalue weighted by atomic mass is 10.1. The summed E-state index contributed by atoms with van der Waals surface area (Å²) in [5.74, 6) is 0.750.